The van der Waals surface area contributed by atoms with Crippen molar-refractivity contribution in [1.29, 1.82) is 0 Å². The minimum absolute atomic E-state index is 0.0953. The monoisotopic (exact) mass is 290 g/mol. The number of aromatic nitrogens is 1. The summed E-state index contributed by atoms with van der Waals surface area (Å²) in [5.41, 5.74) is 5.63. The van der Waals surface area contributed by atoms with Crippen LogP contribution >= 0.6 is 11.5 Å². The zero-order chi connectivity index (χ0) is 13.3. The lowest BCUT2D eigenvalue weighted by atomic mass is 10.1. The average Bonchev–Trinajstić information content (AvgIpc) is 2.63. The van der Waals surface area contributed by atoms with Gasteiger partial charge >= 0.3 is 0 Å². The van der Waals surface area contributed by atoms with E-state index in [9.17, 15) is 8.42 Å². The molecule has 3 N–H and O–H groups in total. The zero-order valence-corrected chi connectivity index (χ0v) is 12.1. The highest BCUT2D eigenvalue weighted by molar-refractivity contribution is 7.91. The molecule has 8 heteroatoms. The molecule has 1 aromatic heterocycles. The van der Waals surface area contributed by atoms with Crippen molar-refractivity contribution in [3.05, 3.63) is 0 Å². The van der Waals surface area contributed by atoms with Crippen molar-refractivity contribution >= 4 is 32.2 Å². The van der Waals surface area contributed by atoms with Crippen LogP contribution in [-0.4, -0.2) is 50.1 Å². The number of likely N-dealkylation sites (tertiary alicyclic amines) is 1. The van der Waals surface area contributed by atoms with E-state index < -0.39 is 9.84 Å². The van der Waals surface area contributed by atoms with Gasteiger partial charge in [0, 0.05) is 12.3 Å². The van der Waals surface area contributed by atoms with Gasteiger partial charge in [0.1, 0.15) is 9.90 Å². The van der Waals surface area contributed by atoms with Gasteiger partial charge in [-0.1, -0.05) is 0 Å². The first kappa shape index (κ1) is 13.6. The molecule has 1 aromatic rings. The van der Waals surface area contributed by atoms with Crippen molar-refractivity contribution in [2.45, 2.75) is 23.8 Å². The van der Waals surface area contributed by atoms with E-state index in [0.29, 0.717) is 11.0 Å². The van der Waals surface area contributed by atoms with E-state index in [4.69, 9.17) is 5.73 Å². The number of hydrogen-bond donors (Lipinski definition) is 2. The number of nitrogens with two attached hydrogens (primary N) is 1. The number of nitrogens with zero attached hydrogens (tertiary/aromatic N) is 2. The highest BCUT2D eigenvalue weighted by atomic mass is 32.2. The maximum atomic E-state index is 11.7. The number of anilines is 2. The molecule has 1 saturated heterocycles. The molecule has 1 fully saturated rings. The molecular weight excluding hydrogens is 272 g/mol. The fourth-order valence-corrected chi connectivity index (χ4v) is 4.22. The van der Waals surface area contributed by atoms with Crippen molar-refractivity contribution in [1.82, 2.24) is 9.27 Å². The number of nitrogens with one attached hydrogen (secondary N) is 1. The van der Waals surface area contributed by atoms with Gasteiger partial charge in [-0.05, 0) is 44.5 Å². The molecule has 0 bridgehead atoms. The second-order valence-corrected chi connectivity index (χ2v) is 7.45. The molecule has 0 aromatic carbocycles. The third-order valence-corrected chi connectivity index (χ3v) is 5.18. The van der Waals surface area contributed by atoms with Gasteiger partial charge in [-0.15, -0.1) is 0 Å². The molecule has 1 aliphatic rings. The van der Waals surface area contributed by atoms with E-state index in [1.54, 1.807) is 0 Å². The summed E-state index contributed by atoms with van der Waals surface area (Å²) in [6.45, 7) is 2.03. The molecule has 0 atom stereocenters. The van der Waals surface area contributed by atoms with Crippen LogP contribution in [0.25, 0.3) is 0 Å². The molecule has 0 amide bonds. The van der Waals surface area contributed by atoms with E-state index in [0.717, 1.165) is 43.7 Å². The standard InChI is InChI=1S/C10H18N4O2S2/c1-14-5-3-7(4-6-14)12-10-8(18(2,15)16)9(11)13-17-10/h7,12H,3-6H2,1-2H3,(H2,11,13). The summed E-state index contributed by atoms with van der Waals surface area (Å²) in [7, 11) is -1.25. The van der Waals surface area contributed by atoms with Crippen LogP contribution < -0.4 is 11.1 Å². The molecule has 0 spiro atoms. The van der Waals surface area contributed by atoms with E-state index in [1.807, 2.05) is 0 Å². The minimum Gasteiger partial charge on any atom is -0.382 e. The summed E-state index contributed by atoms with van der Waals surface area (Å²) in [5.74, 6) is 0.0953. The highest BCUT2D eigenvalue weighted by Crippen LogP contribution is 2.32. The van der Waals surface area contributed by atoms with Gasteiger partial charge in [0.05, 0.1) is 0 Å². The Hall–Kier alpha value is -0.860. The number of sulfone groups is 1. The molecule has 1 aliphatic heterocycles. The predicted molar refractivity (Wildman–Crippen MR) is 73.8 cm³/mol. The highest BCUT2D eigenvalue weighted by Gasteiger charge is 2.24. The Morgan fingerprint density at radius 3 is 2.61 bits per heavy atom. The zero-order valence-electron chi connectivity index (χ0n) is 10.5. The predicted octanol–water partition coefficient (Wildman–Crippen LogP) is 0.635. The average molecular weight is 290 g/mol. The quantitative estimate of drug-likeness (QED) is 0.849. The van der Waals surface area contributed by atoms with Gasteiger partial charge in [-0.25, -0.2) is 8.42 Å². The first-order valence-corrected chi connectivity index (χ1v) is 8.44. The summed E-state index contributed by atoms with van der Waals surface area (Å²) >= 11 is 1.12. The fraction of sp³-hybridized carbons (Fsp3) is 0.700. The lowest BCUT2D eigenvalue weighted by molar-refractivity contribution is 0.264. The summed E-state index contributed by atoms with van der Waals surface area (Å²) in [5, 5.41) is 3.84. The topological polar surface area (TPSA) is 88.3 Å². The first-order chi connectivity index (χ1) is 8.38. The van der Waals surface area contributed by atoms with Crippen LogP contribution in [0.2, 0.25) is 0 Å². The van der Waals surface area contributed by atoms with E-state index in [2.05, 4.69) is 21.6 Å². The summed E-state index contributed by atoms with van der Waals surface area (Å²) in [6.07, 6.45) is 3.15. The van der Waals surface area contributed by atoms with Gasteiger partial charge in [0.2, 0.25) is 0 Å². The second-order valence-electron chi connectivity index (χ2n) is 4.72. The number of nitrogen functional groups attached to an aromatic ring is 1. The van der Waals surface area contributed by atoms with Crippen molar-refractivity contribution < 1.29 is 8.42 Å². The fourth-order valence-electron chi connectivity index (χ4n) is 2.08. The third-order valence-electron chi connectivity index (χ3n) is 3.10. The second kappa shape index (κ2) is 5.02. The van der Waals surface area contributed by atoms with Crippen LogP contribution in [-0.2, 0) is 9.84 Å². The lowest BCUT2D eigenvalue weighted by Crippen LogP contribution is -2.36. The first-order valence-electron chi connectivity index (χ1n) is 5.78. The van der Waals surface area contributed by atoms with Gasteiger partial charge < -0.3 is 16.0 Å². The molecule has 0 radical (unpaired) electrons. The molecule has 102 valence electrons. The summed E-state index contributed by atoms with van der Waals surface area (Å²) < 4.78 is 27.3. The Kier molecular flexibility index (Phi) is 3.79. The number of piperidine rings is 1. The molecule has 2 rings (SSSR count). The number of hydrogen-bond acceptors (Lipinski definition) is 7. The van der Waals surface area contributed by atoms with Crippen molar-refractivity contribution in [3.8, 4) is 0 Å². The molecule has 6 nitrogen and oxygen atoms in total. The van der Waals surface area contributed by atoms with Crippen LogP contribution in [0.15, 0.2) is 4.90 Å². The van der Waals surface area contributed by atoms with Gasteiger partial charge in [-0.2, -0.15) is 4.37 Å². The molecule has 0 aliphatic carbocycles. The Bertz CT molecular complexity index is 518. The molecule has 0 saturated carbocycles. The van der Waals surface area contributed by atoms with Crippen LogP contribution in [0.3, 0.4) is 0 Å². The van der Waals surface area contributed by atoms with Crippen LogP contribution in [0.5, 0.6) is 0 Å². The normalized spacial score (nSPS) is 19.0. The maximum absolute atomic E-state index is 11.7. The van der Waals surface area contributed by atoms with Gasteiger partial charge in [0.15, 0.2) is 15.7 Å². The summed E-state index contributed by atoms with van der Waals surface area (Å²) in [4.78, 5) is 2.41. The maximum Gasteiger partial charge on any atom is 0.182 e. The largest absolute Gasteiger partial charge is 0.382 e. The SMILES string of the molecule is CN1CCC(Nc2snc(N)c2S(C)(=O)=O)CC1. The summed E-state index contributed by atoms with van der Waals surface area (Å²) in [6, 6.07) is 0.293. The number of rotatable bonds is 3. The van der Waals surface area contributed by atoms with E-state index in [1.165, 1.54) is 0 Å². The van der Waals surface area contributed by atoms with Gasteiger partial charge in [0.25, 0.3) is 0 Å². The van der Waals surface area contributed by atoms with E-state index >= 15 is 0 Å². The molecular formula is C10H18N4O2S2. The van der Waals surface area contributed by atoms with Crippen LogP contribution in [0.1, 0.15) is 12.8 Å². The van der Waals surface area contributed by atoms with Crippen molar-refractivity contribution in [3.63, 3.8) is 0 Å². The Labute approximate surface area is 111 Å². The van der Waals surface area contributed by atoms with Crippen LogP contribution in [0.4, 0.5) is 10.8 Å². The van der Waals surface area contributed by atoms with E-state index in [-0.39, 0.29) is 10.7 Å². The smallest absolute Gasteiger partial charge is 0.182 e. The van der Waals surface area contributed by atoms with Gasteiger partial charge in [-0.3, -0.25) is 0 Å². The third kappa shape index (κ3) is 2.93. The molecule has 2 heterocycles. The molecule has 18 heavy (non-hydrogen) atoms. The van der Waals surface area contributed by atoms with Crippen molar-refractivity contribution in [2.75, 3.05) is 37.4 Å². The lowest BCUT2D eigenvalue weighted by Gasteiger charge is -2.29. The van der Waals surface area contributed by atoms with Crippen molar-refractivity contribution in [2.24, 2.45) is 0 Å². The Morgan fingerprint density at radius 1 is 1.44 bits per heavy atom. The Balaban J connectivity index is 2.15. The Morgan fingerprint density at radius 2 is 2.06 bits per heavy atom. The minimum atomic E-state index is -3.33. The van der Waals surface area contributed by atoms with Crippen LogP contribution in [0, 0.1) is 0 Å². The molecule has 0 unspecified atom stereocenters.